The van der Waals surface area contributed by atoms with Crippen LogP contribution in [0.25, 0.3) is 22.3 Å². The van der Waals surface area contributed by atoms with Crippen molar-refractivity contribution in [2.45, 2.75) is 58.2 Å². The van der Waals surface area contributed by atoms with Crippen molar-refractivity contribution in [2.24, 2.45) is 0 Å². The fourth-order valence-corrected chi connectivity index (χ4v) is 5.09. The van der Waals surface area contributed by atoms with E-state index in [2.05, 4.69) is 15.0 Å². The highest BCUT2D eigenvalue weighted by atomic mass is 16.3. The Bertz CT molecular complexity index is 1410. The Balaban J connectivity index is 1.51. The molecule has 0 saturated carbocycles. The van der Waals surface area contributed by atoms with Gasteiger partial charge in [-0.15, -0.1) is 0 Å². The first-order chi connectivity index (χ1) is 18.0. The van der Waals surface area contributed by atoms with Crippen molar-refractivity contribution in [2.75, 3.05) is 25.0 Å². The highest BCUT2D eigenvalue weighted by Crippen LogP contribution is 2.37. The Morgan fingerprint density at radius 3 is 2.39 bits per heavy atom. The topological polar surface area (TPSA) is 133 Å². The summed E-state index contributed by atoms with van der Waals surface area (Å²) < 4.78 is 0. The van der Waals surface area contributed by atoms with Gasteiger partial charge in [0.1, 0.15) is 22.7 Å². The lowest BCUT2D eigenvalue weighted by Crippen LogP contribution is -2.56. The van der Waals surface area contributed by atoms with Gasteiger partial charge in [-0.05, 0) is 45.7 Å². The van der Waals surface area contributed by atoms with Crippen LogP contribution in [-0.4, -0.2) is 84.3 Å². The summed E-state index contributed by atoms with van der Waals surface area (Å²) in [5, 5.41) is 10.2. The molecule has 5 rings (SSSR count). The van der Waals surface area contributed by atoms with Crippen molar-refractivity contribution < 1.29 is 19.5 Å². The maximum Gasteiger partial charge on any atom is 0.324 e. The molecule has 2 aliphatic rings. The summed E-state index contributed by atoms with van der Waals surface area (Å²) in [6.45, 7) is 5.79. The van der Waals surface area contributed by atoms with Gasteiger partial charge in [0.15, 0.2) is 0 Å². The molecule has 11 nitrogen and oxygen atoms in total. The van der Waals surface area contributed by atoms with Crippen LogP contribution >= 0.6 is 0 Å². The number of hydrogen-bond donors (Lipinski definition) is 1. The number of aromatic nitrogens is 4. The van der Waals surface area contributed by atoms with Gasteiger partial charge < -0.3 is 14.9 Å². The van der Waals surface area contributed by atoms with Gasteiger partial charge in [0, 0.05) is 55.9 Å². The van der Waals surface area contributed by atoms with E-state index >= 15 is 0 Å². The zero-order chi connectivity index (χ0) is 27.2. The van der Waals surface area contributed by atoms with Gasteiger partial charge in [0.05, 0.1) is 29.9 Å². The molecule has 0 aliphatic carbocycles. The first-order valence-electron chi connectivity index (χ1n) is 12.7. The minimum atomic E-state index is -1.43. The molecule has 0 atom stereocenters. The average molecular weight is 518 g/mol. The van der Waals surface area contributed by atoms with E-state index in [1.165, 1.54) is 20.8 Å². The number of ketones is 1. The molecule has 5 heterocycles. The lowest BCUT2D eigenvalue weighted by molar-refractivity contribution is -0.148. The summed E-state index contributed by atoms with van der Waals surface area (Å²) in [5.41, 5.74) is 2.81. The number of pyridine rings is 2. The van der Waals surface area contributed by atoms with Crippen LogP contribution in [0.3, 0.4) is 0 Å². The molecule has 1 saturated heterocycles. The minimum absolute atomic E-state index is 0.00992. The van der Waals surface area contributed by atoms with E-state index in [0.29, 0.717) is 60.6 Å². The molecule has 1 N–H and O–H groups in total. The second-order valence-corrected chi connectivity index (χ2v) is 10.6. The first kappa shape index (κ1) is 25.7. The number of aliphatic hydroxyl groups is 1. The Kier molecular flexibility index (Phi) is 6.56. The Morgan fingerprint density at radius 1 is 1.08 bits per heavy atom. The van der Waals surface area contributed by atoms with Gasteiger partial charge in [0.2, 0.25) is 0 Å². The summed E-state index contributed by atoms with van der Waals surface area (Å²) in [5.74, 6) is 0.135. The molecule has 0 unspecified atom stereocenters. The number of urea groups is 1. The molecular formula is C27H31N7O4. The summed E-state index contributed by atoms with van der Waals surface area (Å²) in [6.07, 6.45) is 6.42. The molecule has 198 valence electrons. The number of anilines is 1. The standard InChI is InChI=1S/C27H31N7O4/c1-16(35)11-22-29-12-17(13-30-22)20-5-6-21-23(31-20)24-18(14-28-21)15-32(4)26(37)34(24)19-7-9-33(10-8-19)25(36)27(2,3)38/h5-6,12-14,19,38H,7-11,15H2,1-4H3. The second kappa shape index (κ2) is 9.71. The maximum atomic E-state index is 13.5. The molecule has 0 radical (unpaired) electrons. The van der Waals surface area contributed by atoms with E-state index in [-0.39, 0.29) is 30.2 Å². The lowest BCUT2D eigenvalue weighted by atomic mass is 9.98. The molecule has 0 spiro atoms. The highest BCUT2D eigenvalue weighted by Gasteiger charge is 2.39. The number of carbonyl (C=O) groups excluding carboxylic acids is 3. The van der Waals surface area contributed by atoms with E-state index < -0.39 is 5.60 Å². The van der Waals surface area contributed by atoms with Crippen LogP contribution in [0.2, 0.25) is 0 Å². The highest BCUT2D eigenvalue weighted by molar-refractivity contribution is 6.04. The number of fused-ring (bicyclic) bond motifs is 3. The molecule has 1 fully saturated rings. The molecule has 3 amide bonds. The normalized spacial score (nSPS) is 16.7. The van der Waals surface area contributed by atoms with Crippen LogP contribution in [-0.2, 0) is 22.6 Å². The van der Waals surface area contributed by atoms with Crippen molar-refractivity contribution in [1.29, 1.82) is 0 Å². The predicted octanol–water partition coefficient (Wildman–Crippen LogP) is 2.35. The Labute approximate surface area is 220 Å². The number of piperidine rings is 1. The number of hydrogen-bond acceptors (Lipinski definition) is 8. The number of nitrogens with zero attached hydrogens (tertiary/aromatic N) is 7. The predicted molar refractivity (Wildman–Crippen MR) is 140 cm³/mol. The third-order valence-corrected chi connectivity index (χ3v) is 6.99. The molecule has 3 aromatic rings. The number of Topliss-reactive ketones (excluding diaryl/α,β-unsaturated/α-hetero) is 1. The van der Waals surface area contributed by atoms with Crippen molar-refractivity contribution in [1.82, 2.24) is 29.7 Å². The van der Waals surface area contributed by atoms with Crippen molar-refractivity contribution in [3.05, 3.63) is 42.1 Å². The van der Waals surface area contributed by atoms with E-state index in [0.717, 1.165) is 11.3 Å². The van der Waals surface area contributed by atoms with E-state index in [4.69, 9.17) is 4.98 Å². The monoisotopic (exact) mass is 517 g/mol. The van der Waals surface area contributed by atoms with Gasteiger partial charge in [-0.3, -0.25) is 19.5 Å². The van der Waals surface area contributed by atoms with Crippen molar-refractivity contribution in [3.8, 4) is 11.3 Å². The molecule has 2 aliphatic heterocycles. The molecule has 38 heavy (non-hydrogen) atoms. The molecule has 3 aromatic heterocycles. The fraction of sp³-hybridized carbons (Fsp3) is 0.444. The van der Waals surface area contributed by atoms with Crippen LogP contribution < -0.4 is 4.90 Å². The van der Waals surface area contributed by atoms with Gasteiger partial charge >= 0.3 is 6.03 Å². The van der Waals surface area contributed by atoms with Crippen molar-refractivity contribution >= 4 is 34.4 Å². The van der Waals surface area contributed by atoms with Gasteiger partial charge in [0.25, 0.3) is 5.91 Å². The molecular weight excluding hydrogens is 486 g/mol. The lowest BCUT2D eigenvalue weighted by Gasteiger charge is -2.43. The van der Waals surface area contributed by atoms with Gasteiger partial charge in [-0.1, -0.05) is 0 Å². The zero-order valence-electron chi connectivity index (χ0n) is 22.0. The number of carbonyl (C=O) groups is 3. The van der Waals surface area contributed by atoms with Gasteiger partial charge in [-0.25, -0.2) is 19.7 Å². The van der Waals surface area contributed by atoms with Crippen LogP contribution in [0.5, 0.6) is 0 Å². The van der Waals surface area contributed by atoms with Crippen LogP contribution in [0, 0.1) is 0 Å². The average Bonchev–Trinajstić information content (AvgIpc) is 2.88. The van der Waals surface area contributed by atoms with Crippen molar-refractivity contribution in [3.63, 3.8) is 0 Å². The van der Waals surface area contributed by atoms with Gasteiger partial charge in [-0.2, -0.15) is 0 Å². The summed E-state index contributed by atoms with van der Waals surface area (Å²) in [7, 11) is 1.76. The number of amides is 3. The van der Waals surface area contributed by atoms with Crippen LogP contribution in [0.1, 0.15) is 45.0 Å². The third kappa shape index (κ3) is 4.81. The van der Waals surface area contributed by atoms with Crippen LogP contribution in [0.4, 0.5) is 10.5 Å². The summed E-state index contributed by atoms with van der Waals surface area (Å²) in [4.78, 5) is 60.7. The smallest absolute Gasteiger partial charge is 0.324 e. The summed E-state index contributed by atoms with van der Waals surface area (Å²) in [6, 6.07) is 3.45. The Hall–Kier alpha value is -3.99. The number of likely N-dealkylation sites (tertiary alicyclic amines) is 1. The molecule has 0 bridgehead atoms. The van der Waals surface area contributed by atoms with E-state index in [1.54, 1.807) is 40.3 Å². The fourth-order valence-electron chi connectivity index (χ4n) is 5.09. The summed E-state index contributed by atoms with van der Waals surface area (Å²) >= 11 is 0. The molecule has 11 heteroatoms. The minimum Gasteiger partial charge on any atom is -0.381 e. The number of rotatable bonds is 5. The quantitative estimate of drug-likeness (QED) is 0.545. The Morgan fingerprint density at radius 2 is 1.76 bits per heavy atom. The van der Waals surface area contributed by atoms with E-state index in [1.807, 2.05) is 12.1 Å². The maximum absolute atomic E-state index is 13.5. The van der Waals surface area contributed by atoms with Crippen LogP contribution in [0.15, 0.2) is 30.7 Å². The van der Waals surface area contributed by atoms with E-state index in [9.17, 15) is 19.5 Å². The third-order valence-electron chi connectivity index (χ3n) is 6.99. The zero-order valence-corrected chi connectivity index (χ0v) is 22.0. The second-order valence-electron chi connectivity index (χ2n) is 10.6. The SMILES string of the molecule is CC(=O)Cc1ncc(-c2ccc3ncc4c(c3n2)N(C2CCN(C(=O)C(C)(C)O)CC2)C(=O)N(C)C4)cn1. The largest absolute Gasteiger partial charge is 0.381 e. The molecule has 0 aromatic carbocycles. The first-order valence-corrected chi connectivity index (χ1v) is 12.7.